The number of aromatic nitrogens is 3. The summed E-state index contributed by atoms with van der Waals surface area (Å²) in [7, 11) is 0. The first kappa shape index (κ1) is 14.7. The number of anilines is 2. The van der Waals surface area contributed by atoms with E-state index in [1.807, 2.05) is 0 Å². The van der Waals surface area contributed by atoms with Crippen molar-refractivity contribution < 1.29 is 9.53 Å². The Balaban J connectivity index is 1.86. The second-order valence-electron chi connectivity index (χ2n) is 4.37. The van der Waals surface area contributed by atoms with Gasteiger partial charge in [-0.3, -0.25) is 4.79 Å². The van der Waals surface area contributed by atoms with Crippen molar-refractivity contribution in [1.82, 2.24) is 15.0 Å². The fourth-order valence-electron chi connectivity index (χ4n) is 1.89. The van der Waals surface area contributed by atoms with Crippen LogP contribution in [0.15, 0.2) is 0 Å². The topological polar surface area (TPSA) is 106 Å². The Kier molecular flexibility index (Phi) is 5.31. The van der Waals surface area contributed by atoms with Gasteiger partial charge < -0.3 is 20.7 Å². The van der Waals surface area contributed by atoms with Gasteiger partial charge in [0.25, 0.3) is 0 Å². The van der Waals surface area contributed by atoms with Gasteiger partial charge in [-0.25, -0.2) is 0 Å². The number of carbonyl (C=O) groups excluding carboxylic acids is 1. The number of nitrogens with two attached hydrogens (primary N) is 1. The molecule has 2 rings (SSSR count). The van der Waals surface area contributed by atoms with E-state index in [9.17, 15) is 4.79 Å². The Bertz CT molecular complexity index is 466. The van der Waals surface area contributed by atoms with Crippen LogP contribution >= 0.6 is 11.6 Å². The lowest BCUT2D eigenvalue weighted by atomic mass is 10.4. The number of carbonyl (C=O) groups is 1. The first-order valence-electron chi connectivity index (χ1n) is 6.41. The van der Waals surface area contributed by atoms with Crippen LogP contribution in [0.2, 0.25) is 5.28 Å². The zero-order chi connectivity index (χ0) is 14.4. The smallest absolute Gasteiger partial charge is 0.243 e. The summed E-state index contributed by atoms with van der Waals surface area (Å²) in [6.45, 7) is 2.54. The van der Waals surface area contributed by atoms with Crippen molar-refractivity contribution in [1.29, 1.82) is 0 Å². The summed E-state index contributed by atoms with van der Waals surface area (Å²) in [5, 5.41) is 3.13. The molecule has 0 radical (unpaired) electrons. The van der Waals surface area contributed by atoms with Crippen LogP contribution in [0.5, 0.6) is 0 Å². The van der Waals surface area contributed by atoms with E-state index in [1.54, 1.807) is 0 Å². The average Bonchev–Trinajstić information content (AvgIpc) is 2.91. The van der Waals surface area contributed by atoms with Crippen molar-refractivity contribution >= 4 is 29.4 Å². The van der Waals surface area contributed by atoms with E-state index in [-0.39, 0.29) is 11.9 Å². The van der Waals surface area contributed by atoms with Crippen molar-refractivity contribution in [3.63, 3.8) is 0 Å². The van der Waals surface area contributed by atoms with E-state index in [4.69, 9.17) is 22.1 Å². The molecule has 0 spiro atoms. The van der Waals surface area contributed by atoms with E-state index in [1.165, 1.54) is 0 Å². The highest BCUT2D eigenvalue weighted by Crippen LogP contribution is 2.18. The largest absolute Gasteiger partial charge is 0.370 e. The zero-order valence-corrected chi connectivity index (χ0v) is 11.8. The van der Waals surface area contributed by atoms with Crippen LogP contribution in [0.1, 0.15) is 12.8 Å². The maximum Gasteiger partial charge on any atom is 0.243 e. The van der Waals surface area contributed by atoms with E-state index in [0.29, 0.717) is 25.0 Å². The standard InChI is InChI=1S/C11H17ClN6O2/c12-9-15-10(14-3-6-20-7-8(13)19)17-11(16-9)18-4-1-2-5-18/h1-7H2,(H2,13,19)(H,14,15,16,17). The van der Waals surface area contributed by atoms with Gasteiger partial charge in [0.15, 0.2) is 0 Å². The number of hydrogen-bond acceptors (Lipinski definition) is 7. The van der Waals surface area contributed by atoms with E-state index in [0.717, 1.165) is 25.9 Å². The molecule has 0 atom stereocenters. The average molecular weight is 301 g/mol. The quantitative estimate of drug-likeness (QED) is 0.685. The summed E-state index contributed by atoms with van der Waals surface area (Å²) in [5.41, 5.74) is 4.96. The van der Waals surface area contributed by atoms with E-state index < -0.39 is 5.91 Å². The Morgan fingerprint density at radius 2 is 2.10 bits per heavy atom. The van der Waals surface area contributed by atoms with Crippen LogP contribution in [0, 0.1) is 0 Å². The predicted octanol–water partition coefficient (Wildman–Crippen LogP) is 0.0390. The third-order valence-corrected chi connectivity index (χ3v) is 2.93. The first-order chi connectivity index (χ1) is 9.65. The number of nitrogens with one attached hydrogen (secondary N) is 1. The van der Waals surface area contributed by atoms with Gasteiger partial charge in [-0.2, -0.15) is 15.0 Å². The number of primary amides is 1. The van der Waals surface area contributed by atoms with Gasteiger partial charge in [-0.15, -0.1) is 0 Å². The first-order valence-corrected chi connectivity index (χ1v) is 6.79. The molecule has 1 aliphatic rings. The van der Waals surface area contributed by atoms with Gasteiger partial charge in [0.1, 0.15) is 6.61 Å². The molecule has 1 saturated heterocycles. The van der Waals surface area contributed by atoms with E-state index in [2.05, 4.69) is 25.2 Å². The normalized spacial score (nSPS) is 14.6. The van der Waals surface area contributed by atoms with Crippen molar-refractivity contribution in [3.8, 4) is 0 Å². The van der Waals surface area contributed by atoms with Gasteiger partial charge in [0, 0.05) is 19.6 Å². The monoisotopic (exact) mass is 300 g/mol. The number of ether oxygens (including phenoxy) is 1. The number of halogens is 1. The van der Waals surface area contributed by atoms with E-state index >= 15 is 0 Å². The van der Waals surface area contributed by atoms with Gasteiger partial charge in [0.2, 0.25) is 23.1 Å². The fraction of sp³-hybridized carbons (Fsp3) is 0.636. The molecule has 1 aliphatic heterocycles. The Labute approximate surface area is 121 Å². The molecule has 1 fully saturated rings. The van der Waals surface area contributed by atoms with Crippen LogP contribution in [-0.2, 0) is 9.53 Å². The van der Waals surface area contributed by atoms with Crippen molar-refractivity contribution in [2.24, 2.45) is 5.73 Å². The predicted molar refractivity (Wildman–Crippen MR) is 74.8 cm³/mol. The van der Waals surface area contributed by atoms with Crippen molar-refractivity contribution in [2.45, 2.75) is 12.8 Å². The lowest BCUT2D eigenvalue weighted by Crippen LogP contribution is -2.23. The SMILES string of the molecule is NC(=O)COCCNc1nc(Cl)nc(N2CCCC2)n1. The molecular formula is C11H17ClN6O2. The molecule has 20 heavy (non-hydrogen) atoms. The Hall–Kier alpha value is -1.67. The molecule has 110 valence electrons. The van der Waals surface area contributed by atoms with Crippen LogP contribution in [0.25, 0.3) is 0 Å². The van der Waals surface area contributed by atoms with Gasteiger partial charge in [-0.1, -0.05) is 0 Å². The molecule has 0 saturated carbocycles. The minimum Gasteiger partial charge on any atom is -0.370 e. The molecule has 1 aromatic heterocycles. The number of amides is 1. The maximum absolute atomic E-state index is 10.5. The molecule has 8 nitrogen and oxygen atoms in total. The molecule has 0 bridgehead atoms. The summed E-state index contributed by atoms with van der Waals surface area (Å²) in [6.07, 6.45) is 2.26. The molecule has 3 N–H and O–H groups in total. The summed E-state index contributed by atoms with van der Waals surface area (Å²) < 4.78 is 5.03. The molecule has 0 aliphatic carbocycles. The molecule has 1 amide bonds. The summed E-state index contributed by atoms with van der Waals surface area (Å²) in [4.78, 5) is 25.0. The van der Waals surface area contributed by atoms with Gasteiger partial charge in [0.05, 0.1) is 6.61 Å². The van der Waals surface area contributed by atoms with Gasteiger partial charge in [-0.05, 0) is 24.4 Å². The summed E-state index contributed by atoms with van der Waals surface area (Å²) in [5.74, 6) is 0.488. The molecule has 2 heterocycles. The number of nitrogens with zero attached hydrogens (tertiary/aromatic N) is 4. The third kappa shape index (κ3) is 4.46. The number of rotatable bonds is 7. The molecular weight excluding hydrogens is 284 g/mol. The molecule has 9 heteroatoms. The highest BCUT2D eigenvalue weighted by Gasteiger charge is 2.16. The molecule has 0 unspecified atom stereocenters. The van der Waals surface area contributed by atoms with Crippen LogP contribution in [-0.4, -0.2) is 53.7 Å². The lowest BCUT2D eigenvalue weighted by Gasteiger charge is -2.15. The summed E-state index contributed by atoms with van der Waals surface area (Å²) in [6, 6.07) is 0. The lowest BCUT2D eigenvalue weighted by molar-refractivity contribution is -0.122. The third-order valence-electron chi connectivity index (χ3n) is 2.76. The van der Waals surface area contributed by atoms with Crippen molar-refractivity contribution in [2.75, 3.05) is 43.1 Å². The molecule has 1 aromatic rings. The summed E-state index contributed by atoms with van der Waals surface area (Å²) >= 11 is 5.89. The highest BCUT2D eigenvalue weighted by atomic mass is 35.5. The maximum atomic E-state index is 10.5. The second-order valence-corrected chi connectivity index (χ2v) is 4.71. The van der Waals surface area contributed by atoms with Crippen LogP contribution in [0.3, 0.4) is 0 Å². The Morgan fingerprint density at radius 1 is 1.35 bits per heavy atom. The minimum atomic E-state index is -0.496. The van der Waals surface area contributed by atoms with Crippen LogP contribution in [0.4, 0.5) is 11.9 Å². The minimum absolute atomic E-state index is 0.0985. The fourth-order valence-corrected chi connectivity index (χ4v) is 2.04. The van der Waals surface area contributed by atoms with Gasteiger partial charge >= 0.3 is 0 Å². The zero-order valence-electron chi connectivity index (χ0n) is 11.0. The second kappa shape index (κ2) is 7.20. The highest BCUT2D eigenvalue weighted by molar-refractivity contribution is 6.28. The molecule has 0 aromatic carbocycles. The van der Waals surface area contributed by atoms with Crippen molar-refractivity contribution in [3.05, 3.63) is 5.28 Å². The van der Waals surface area contributed by atoms with Crippen LogP contribution < -0.4 is 16.0 Å². The number of hydrogen-bond donors (Lipinski definition) is 2. The Morgan fingerprint density at radius 3 is 2.80 bits per heavy atom.